The second-order valence-corrected chi connectivity index (χ2v) is 2.91. The molecular weight excluding hydrogens is 185 g/mol. The van der Waals surface area contributed by atoms with Gasteiger partial charge in [0.25, 0.3) is 0 Å². The number of nitrogens with two attached hydrogens (primary N) is 3. The highest BCUT2D eigenvalue weighted by molar-refractivity contribution is 7.44. The van der Waals surface area contributed by atoms with Crippen LogP contribution in [0.25, 0.3) is 0 Å². The average Bonchev–Trinajstić information content (AvgIpc) is 1.96. The molecule has 0 aliphatic rings. The largest absolute Gasteiger partial charge is 0.318 e. The van der Waals surface area contributed by atoms with Gasteiger partial charge in [0.2, 0.25) is 0 Å². The van der Waals surface area contributed by atoms with Crippen molar-refractivity contribution in [3.05, 3.63) is 0 Å². The Labute approximate surface area is 71.9 Å². The summed E-state index contributed by atoms with van der Waals surface area (Å²) in [7, 11) is -1.75. The minimum absolute atomic E-state index is 0.572. The number of hydrogen-bond acceptors (Lipinski definition) is 7. The van der Waals surface area contributed by atoms with Crippen LogP contribution < -0.4 is 17.0 Å². The molecule has 0 aliphatic carbocycles. The Bertz CT molecular complexity index is 102. The Kier molecular flexibility index (Phi) is 6.73. The van der Waals surface area contributed by atoms with E-state index in [2.05, 4.69) is 19.1 Å². The summed E-state index contributed by atoms with van der Waals surface area (Å²) in [6, 6.07) is 0. The quantitative estimate of drug-likeness (QED) is 0.232. The summed E-state index contributed by atoms with van der Waals surface area (Å²) in [5, 5.41) is 0. The van der Waals surface area contributed by atoms with E-state index < -0.39 is 21.0 Å². The third-order valence-corrected chi connectivity index (χ3v) is 1.00. The predicted octanol–water partition coefficient (Wildman–Crippen LogP) is -0.322. The van der Waals surface area contributed by atoms with E-state index in [1.54, 1.807) is 13.8 Å². The van der Waals surface area contributed by atoms with Crippen LogP contribution in [-0.4, -0.2) is 12.5 Å². The molecule has 2 atom stereocenters. The molecule has 0 rings (SSSR count). The molecule has 74 valence electrons. The maximum atomic E-state index is 5.23. The maximum absolute atomic E-state index is 5.23. The molecule has 0 aliphatic heterocycles. The summed E-state index contributed by atoms with van der Waals surface area (Å²) in [5.41, 5.74) is 15.6. The van der Waals surface area contributed by atoms with Crippen LogP contribution in [0.4, 0.5) is 0 Å². The lowest BCUT2D eigenvalue weighted by atomic mass is 10.7. The van der Waals surface area contributed by atoms with Crippen molar-refractivity contribution in [2.24, 2.45) is 17.0 Å². The zero-order valence-electron chi connectivity index (χ0n) is 6.97. The summed E-state index contributed by atoms with van der Waals surface area (Å²) in [6.07, 6.45) is -1.14. The van der Waals surface area contributed by atoms with E-state index in [1.807, 2.05) is 0 Å². The van der Waals surface area contributed by atoms with Crippen LogP contribution in [0.3, 0.4) is 0 Å². The molecular formula is C4H14N3O4P. The first kappa shape index (κ1) is 12.2. The molecule has 6 N–H and O–H groups in total. The molecule has 0 heterocycles. The highest BCUT2D eigenvalue weighted by Crippen LogP contribution is 2.29. The maximum Gasteiger partial charge on any atom is 0.318 e. The first-order valence-corrected chi connectivity index (χ1v) is 4.50. The average molecular weight is 199 g/mol. The lowest BCUT2D eigenvalue weighted by Crippen LogP contribution is -2.21. The lowest BCUT2D eigenvalue weighted by Gasteiger charge is -2.12. The van der Waals surface area contributed by atoms with Gasteiger partial charge in [-0.15, -0.1) is 0 Å². The van der Waals surface area contributed by atoms with Gasteiger partial charge in [-0.1, -0.05) is 0 Å². The summed E-state index contributed by atoms with van der Waals surface area (Å²) < 4.78 is 8.94. The molecule has 12 heavy (non-hydrogen) atoms. The van der Waals surface area contributed by atoms with E-state index in [9.17, 15) is 0 Å². The van der Waals surface area contributed by atoms with Gasteiger partial charge in [0, 0.05) is 0 Å². The van der Waals surface area contributed by atoms with E-state index in [0.29, 0.717) is 0 Å². The third kappa shape index (κ3) is 8.25. The molecule has 0 aromatic heterocycles. The minimum atomic E-state index is -1.75. The summed E-state index contributed by atoms with van der Waals surface area (Å²) in [4.78, 5) is 8.94. The Balaban J connectivity index is 3.27. The summed E-state index contributed by atoms with van der Waals surface area (Å²) in [5.74, 6) is 0. The fourth-order valence-corrected chi connectivity index (χ4v) is 0.699. The van der Waals surface area contributed by atoms with E-state index in [-0.39, 0.29) is 0 Å². The smallest absolute Gasteiger partial charge is 0.304 e. The highest BCUT2D eigenvalue weighted by atomic mass is 31.2. The van der Waals surface area contributed by atoms with Crippen molar-refractivity contribution >= 4 is 8.53 Å². The Morgan fingerprint density at radius 2 is 1.33 bits per heavy atom. The topological polar surface area (TPSA) is 115 Å². The predicted molar refractivity (Wildman–Crippen MR) is 42.7 cm³/mol. The summed E-state index contributed by atoms with van der Waals surface area (Å²) in [6.45, 7) is 3.16. The molecule has 0 aromatic rings. The molecule has 0 fully saturated rings. The Morgan fingerprint density at radius 1 is 1.00 bits per heavy atom. The highest BCUT2D eigenvalue weighted by Gasteiger charge is 2.09. The number of hydrogen-bond donors (Lipinski definition) is 3. The van der Waals surface area contributed by atoms with Crippen LogP contribution in [0.2, 0.25) is 0 Å². The van der Waals surface area contributed by atoms with Crippen LogP contribution in [0.1, 0.15) is 13.8 Å². The number of rotatable bonds is 6. The molecule has 7 nitrogen and oxygen atoms in total. The van der Waals surface area contributed by atoms with Crippen molar-refractivity contribution in [1.29, 1.82) is 0 Å². The van der Waals surface area contributed by atoms with Gasteiger partial charge in [-0.3, -0.25) is 5.50 Å². The van der Waals surface area contributed by atoms with Gasteiger partial charge in [-0.05, 0) is 13.8 Å². The molecule has 2 unspecified atom stereocenters. The van der Waals surface area contributed by atoms with E-state index in [0.717, 1.165) is 0 Å². The van der Waals surface area contributed by atoms with E-state index >= 15 is 0 Å². The Morgan fingerprint density at radius 3 is 1.58 bits per heavy atom. The Hall–Kier alpha value is 0.150. The van der Waals surface area contributed by atoms with Gasteiger partial charge < -0.3 is 11.5 Å². The van der Waals surface area contributed by atoms with Gasteiger partial charge in [-0.2, -0.15) is 9.35 Å². The second-order valence-electron chi connectivity index (χ2n) is 2.04. The first-order chi connectivity index (χ1) is 5.52. The van der Waals surface area contributed by atoms with Gasteiger partial charge in [0.1, 0.15) is 12.5 Å². The molecule has 0 spiro atoms. The summed E-state index contributed by atoms with van der Waals surface area (Å²) >= 11 is 0. The van der Waals surface area contributed by atoms with E-state index in [4.69, 9.17) is 17.0 Å². The lowest BCUT2D eigenvalue weighted by molar-refractivity contribution is -0.285. The fraction of sp³-hybridized carbons (Fsp3) is 1.00. The molecule has 0 radical (unpaired) electrons. The first-order valence-electron chi connectivity index (χ1n) is 3.25. The fourth-order valence-electron chi connectivity index (χ4n) is 0.233. The van der Waals surface area contributed by atoms with Crippen LogP contribution >= 0.6 is 8.53 Å². The molecule has 0 saturated carbocycles. The second kappa shape index (κ2) is 6.64. The van der Waals surface area contributed by atoms with Crippen LogP contribution in [0.15, 0.2) is 0 Å². The van der Waals surface area contributed by atoms with Crippen molar-refractivity contribution in [1.82, 2.24) is 0 Å². The van der Waals surface area contributed by atoms with E-state index in [1.165, 1.54) is 0 Å². The van der Waals surface area contributed by atoms with Crippen molar-refractivity contribution in [3.8, 4) is 0 Å². The van der Waals surface area contributed by atoms with Crippen LogP contribution in [0, 0.1) is 0 Å². The monoisotopic (exact) mass is 199 g/mol. The minimum Gasteiger partial charge on any atom is -0.304 e. The SMILES string of the molecule is CC(N)OOP(N)OOC(C)N. The van der Waals surface area contributed by atoms with Crippen molar-refractivity contribution in [2.75, 3.05) is 0 Å². The zero-order valence-corrected chi connectivity index (χ0v) is 7.86. The van der Waals surface area contributed by atoms with Crippen molar-refractivity contribution in [3.63, 3.8) is 0 Å². The van der Waals surface area contributed by atoms with Crippen molar-refractivity contribution < 1.29 is 19.1 Å². The van der Waals surface area contributed by atoms with Gasteiger partial charge in [0.05, 0.1) is 0 Å². The zero-order chi connectivity index (χ0) is 9.56. The van der Waals surface area contributed by atoms with Crippen molar-refractivity contribution in [2.45, 2.75) is 26.3 Å². The third-order valence-electron chi connectivity index (χ3n) is 0.537. The van der Waals surface area contributed by atoms with Gasteiger partial charge >= 0.3 is 8.53 Å². The van der Waals surface area contributed by atoms with Gasteiger partial charge in [-0.25, -0.2) is 9.78 Å². The normalized spacial score (nSPS) is 18.8. The molecule has 0 aromatic carbocycles. The van der Waals surface area contributed by atoms with Crippen LogP contribution in [0.5, 0.6) is 0 Å². The van der Waals surface area contributed by atoms with Crippen LogP contribution in [-0.2, 0) is 19.1 Å². The molecule has 0 saturated heterocycles. The van der Waals surface area contributed by atoms with Gasteiger partial charge in [0.15, 0.2) is 0 Å². The molecule has 8 heteroatoms. The molecule has 0 amide bonds. The molecule has 0 bridgehead atoms. The standard InChI is InChI=1S/C4H14N3O4P/c1-3(5)8-10-12(7)11-9-4(2)6/h3-4H,5-7H2,1-2H3.